The second-order valence-electron chi connectivity index (χ2n) is 5.84. The second kappa shape index (κ2) is 6.57. The molecule has 3 rings (SSSR count). The number of amides is 2. The van der Waals surface area contributed by atoms with Gasteiger partial charge in [0.25, 0.3) is 0 Å². The molecule has 6 heteroatoms. The van der Waals surface area contributed by atoms with E-state index in [-0.39, 0.29) is 18.2 Å². The molecule has 0 bridgehead atoms. The van der Waals surface area contributed by atoms with Crippen LogP contribution in [0.2, 0.25) is 0 Å². The molecule has 0 saturated carbocycles. The Hall–Kier alpha value is -2.47. The van der Waals surface area contributed by atoms with Crippen LogP contribution < -0.4 is 10.6 Å². The third kappa shape index (κ3) is 3.23. The fraction of sp³-hybridized carbons (Fsp3) is 0.222. The van der Waals surface area contributed by atoms with E-state index < -0.39 is 16.0 Å². The van der Waals surface area contributed by atoms with E-state index in [1.54, 1.807) is 24.3 Å². The number of hydrogen-bond donors (Lipinski definition) is 2. The van der Waals surface area contributed by atoms with Crippen LogP contribution in [-0.2, 0) is 20.4 Å². The SMILES string of the molecule is Cc1ccc(NC(=O)C[C@H]2C(=O)Nc3ccccc3[S@]2=O)c(C)c1. The Morgan fingerprint density at radius 3 is 2.71 bits per heavy atom. The van der Waals surface area contributed by atoms with Gasteiger partial charge in [-0.25, -0.2) is 0 Å². The summed E-state index contributed by atoms with van der Waals surface area (Å²) in [6.45, 7) is 3.88. The van der Waals surface area contributed by atoms with Crippen molar-refractivity contribution in [1.82, 2.24) is 0 Å². The first-order valence-electron chi connectivity index (χ1n) is 7.63. The van der Waals surface area contributed by atoms with Crippen molar-refractivity contribution < 1.29 is 13.8 Å². The average Bonchev–Trinajstić information content (AvgIpc) is 2.54. The van der Waals surface area contributed by atoms with Gasteiger partial charge in [-0.05, 0) is 37.6 Å². The lowest BCUT2D eigenvalue weighted by Crippen LogP contribution is -2.39. The van der Waals surface area contributed by atoms with E-state index in [0.717, 1.165) is 11.1 Å². The lowest BCUT2D eigenvalue weighted by molar-refractivity contribution is -0.120. The van der Waals surface area contributed by atoms with Crippen LogP contribution in [0.4, 0.5) is 11.4 Å². The fourth-order valence-electron chi connectivity index (χ4n) is 2.70. The van der Waals surface area contributed by atoms with E-state index in [4.69, 9.17) is 0 Å². The van der Waals surface area contributed by atoms with E-state index in [1.807, 2.05) is 32.0 Å². The molecule has 0 unspecified atom stereocenters. The molecule has 2 amide bonds. The molecule has 2 N–H and O–H groups in total. The number of rotatable bonds is 3. The van der Waals surface area contributed by atoms with Crippen LogP contribution in [0.5, 0.6) is 0 Å². The number of anilines is 2. The topological polar surface area (TPSA) is 75.3 Å². The maximum absolute atomic E-state index is 12.6. The van der Waals surface area contributed by atoms with Gasteiger partial charge in [0.15, 0.2) is 0 Å². The number of carbonyl (C=O) groups is 2. The van der Waals surface area contributed by atoms with Crippen LogP contribution in [0, 0.1) is 13.8 Å². The van der Waals surface area contributed by atoms with Crippen molar-refractivity contribution >= 4 is 34.0 Å². The maximum atomic E-state index is 12.6. The van der Waals surface area contributed by atoms with Gasteiger partial charge < -0.3 is 10.6 Å². The van der Waals surface area contributed by atoms with Gasteiger partial charge in [-0.1, -0.05) is 29.8 Å². The number of benzene rings is 2. The molecule has 1 aliphatic rings. The first-order chi connectivity index (χ1) is 11.5. The predicted octanol–water partition coefficient (Wildman–Crippen LogP) is 2.76. The molecule has 24 heavy (non-hydrogen) atoms. The molecular formula is C18H18N2O3S. The highest BCUT2D eigenvalue weighted by molar-refractivity contribution is 7.86. The van der Waals surface area contributed by atoms with Crippen molar-refractivity contribution in [2.24, 2.45) is 0 Å². The molecule has 0 radical (unpaired) electrons. The lowest BCUT2D eigenvalue weighted by atomic mass is 10.1. The highest BCUT2D eigenvalue weighted by Crippen LogP contribution is 2.28. The summed E-state index contributed by atoms with van der Waals surface area (Å²) in [4.78, 5) is 25.0. The van der Waals surface area contributed by atoms with Gasteiger partial charge in [-0.3, -0.25) is 13.8 Å². The molecule has 2 aromatic carbocycles. The Balaban J connectivity index is 1.75. The monoisotopic (exact) mass is 342 g/mol. The molecule has 0 spiro atoms. The summed E-state index contributed by atoms with van der Waals surface area (Å²) < 4.78 is 12.6. The number of carbonyl (C=O) groups excluding carboxylic acids is 2. The van der Waals surface area contributed by atoms with Crippen molar-refractivity contribution in [3.05, 3.63) is 53.6 Å². The van der Waals surface area contributed by atoms with Crippen molar-refractivity contribution in [3.63, 3.8) is 0 Å². The van der Waals surface area contributed by atoms with E-state index >= 15 is 0 Å². The Morgan fingerprint density at radius 1 is 1.21 bits per heavy atom. The molecular weight excluding hydrogens is 324 g/mol. The van der Waals surface area contributed by atoms with E-state index in [2.05, 4.69) is 10.6 Å². The zero-order valence-corrected chi connectivity index (χ0v) is 14.3. The van der Waals surface area contributed by atoms with Crippen LogP contribution in [-0.4, -0.2) is 21.3 Å². The van der Waals surface area contributed by atoms with E-state index in [0.29, 0.717) is 16.3 Å². The number of fused-ring (bicyclic) bond motifs is 1. The Kier molecular flexibility index (Phi) is 4.49. The Labute approximate surface area is 142 Å². The second-order valence-corrected chi connectivity index (χ2v) is 7.45. The van der Waals surface area contributed by atoms with Crippen LogP contribution in [0.1, 0.15) is 17.5 Å². The number of para-hydroxylation sites is 1. The predicted molar refractivity (Wildman–Crippen MR) is 94.4 cm³/mol. The van der Waals surface area contributed by atoms with Gasteiger partial charge in [0, 0.05) is 5.69 Å². The summed E-state index contributed by atoms with van der Waals surface area (Å²) in [6.07, 6.45) is -0.125. The summed E-state index contributed by atoms with van der Waals surface area (Å²) in [5.41, 5.74) is 3.30. The third-order valence-electron chi connectivity index (χ3n) is 3.94. The first-order valence-corrected chi connectivity index (χ1v) is 8.84. The molecule has 5 nitrogen and oxygen atoms in total. The maximum Gasteiger partial charge on any atom is 0.241 e. The Bertz CT molecular complexity index is 848. The van der Waals surface area contributed by atoms with Crippen LogP contribution >= 0.6 is 0 Å². The fourth-order valence-corrected chi connectivity index (χ4v) is 4.11. The van der Waals surface area contributed by atoms with Gasteiger partial charge in [0.05, 0.1) is 27.8 Å². The third-order valence-corrected chi connectivity index (χ3v) is 5.63. The summed E-state index contributed by atoms with van der Waals surface area (Å²) in [5, 5.41) is 4.63. The van der Waals surface area contributed by atoms with Gasteiger partial charge >= 0.3 is 0 Å². The normalized spacial score (nSPS) is 19.3. The molecule has 0 saturated heterocycles. The summed E-state index contributed by atoms with van der Waals surface area (Å²) in [5.74, 6) is -0.711. The van der Waals surface area contributed by atoms with Crippen LogP contribution in [0.3, 0.4) is 0 Å². The highest BCUT2D eigenvalue weighted by atomic mass is 32.2. The van der Waals surface area contributed by atoms with E-state index in [9.17, 15) is 13.8 Å². The minimum Gasteiger partial charge on any atom is -0.326 e. The standard InChI is InChI=1S/C18H18N2O3S/c1-11-7-8-13(12(2)9-11)19-17(21)10-16-18(22)20-14-5-3-4-6-15(14)24(16)23/h3-9,16H,10H2,1-2H3,(H,19,21)(H,20,22)/t16-,24+/m0/s1. The average molecular weight is 342 g/mol. The van der Waals surface area contributed by atoms with Gasteiger partial charge in [-0.15, -0.1) is 0 Å². The Morgan fingerprint density at radius 2 is 1.96 bits per heavy atom. The number of aryl methyl sites for hydroxylation is 2. The zero-order valence-electron chi connectivity index (χ0n) is 13.5. The smallest absolute Gasteiger partial charge is 0.241 e. The van der Waals surface area contributed by atoms with Crippen molar-refractivity contribution in [2.45, 2.75) is 30.4 Å². The number of nitrogens with one attached hydrogen (secondary N) is 2. The lowest BCUT2D eigenvalue weighted by Gasteiger charge is -2.23. The van der Waals surface area contributed by atoms with Gasteiger partial charge in [0.1, 0.15) is 5.25 Å². The minimum atomic E-state index is -1.54. The summed E-state index contributed by atoms with van der Waals surface area (Å²) >= 11 is 0. The van der Waals surface area contributed by atoms with Crippen LogP contribution in [0.25, 0.3) is 0 Å². The van der Waals surface area contributed by atoms with E-state index in [1.165, 1.54) is 0 Å². The molecule has 2 aromatic rings. The number of hydrogen-bond acceptors (Lipinski definition) is 3. The first kappa shape index (κ1) is 16.4. The quantitative estimate of drug-likeness (QED) is 0.900. The molecule has 1 heterocycles. The largest absolute Gasteiger partial charge is 0.326 e. The van der Waals surface area contributed by atoms with Gasteiger partial charge in [0.2, 0.25) is 11.8 Å². The van der Waals surface area contributed by atoms with Crippen molar-refractivity contribution in [2.75, 3.05) is 10.6 Å². The van der Waals surface area contributed by atoms with Crippen molar-refractivity contribution in [1.29, 1.82) is 0 Å². The molecule has 0 fully saturated rings. The molecule has 2 atom stereocenters. The molecule has 0 aromatic heterocycles. The minimum absolute atomic E-state index is 0.125. The molecule has 0 aliphatic carbocycles. The van der Waals surface area contributed by atoms with Crippen LogP contribution in [0.15, 0.2) is 47.4 Å². The van der Waals surface area contributed by atoms with Crippen molar-refractivity contribution in [3.8, 4) is 0 Å². The molecule has 124 valence electrons. The highest BCUT2D eigenvalue weighted by Gasteiger charge is 2.34. The summed E-state index contributed by atoms with van der Waals surface area (Å²) in [6, 6.07) is 12.7. The van der Waals surface area contributed by atoms with Gasteiger partial charge in [-0.2, -0.15) is 0 Å². The molecule has 1 aliphatic heterocycles. The zero-order chi connectivity index (χ0) is 17.3. The summed E-state index contributed by atoms with van der Waals surface area (Å²) in [7, 11) is -1.54.